The van der Waals surface area contributed by atoms with Crippen LogP contribution in [0.4, 0.5) is 0 Å². The summed E-state index contributed by atoms with van der Waals surface area (Å²) in [5, 5.41) is 9.42. The molecule has 0 aliphatic heterocycles. The van der Waals surface area contributed by atoms with Gasteiger partial charge in [0.2, 0.25) is 0 Å². The molecule has 1 fully saturated rings. The molecule has 1 aliphatic rings. The molecule has 0 radical (unpaired) electrons. The highest BCUT2D eigenvalue weighted by molar-refractivity contribution is 5.82. The smallest absolute Gasteiger partial charge is 0.315 e. The minimum absolute atomic E-state index is 0.0431. The maximum atomic E-state index is 11.5. The molecule has 2 heterocycles. The van der Waals surface area contributed by atoms with Gasteiger partial charge < -0.3 is 15.2 Å². The molecule has 3 rings (SSSR count). The number of nitrogens with two attached hydrogens (primary N) is 1. The zero-order valence-corrected chi connectivity index (χ0v) is 9.08. The van der Waals surface area contributed by atoms with Crippen molar-refractivity contribution in [2.45, 2.75) is 24.3 Å². The number of nitrogens with zero attached hydrogens (tertiary/aromatic N) is 3. The summed E-state index contributed by atoms with van der Waals surface area (Å²) < 4.78 is 1.77. The average Bonchev–Trinajstić information content (AvgIpc) is 2.68. The van der Waals surface area contributed by atoms with Gasteiger partial charge in [-0.2, -0.15) is 0 Å². The molecule has 1 aliphatic carbocycles. The van der Waals surface area contributed by atoms with Crippen molar-refractivity contribution in [1.82, 2.24) is 14.4 Å². The monoisotopic (exact) mass is 232 g/mol. The Morgan fingerprint density at radius 3 is 2.94 bits per heavy atom. The van der Waals surface area contributed by atoms with Crippen molar-refractivity contribution < 1.29 is 9.90 Å². The Bertz CT molecular complexity index is 586. The standard InChI is InChI=1S/C11H12N4O2/c12-7-3-11(4-7,10(16)17)8-5-14-9-6-13-1-2-15(8)9/h1-2,5-7H,3-4,12H2,(H,16,17). The maximum absolute atomic E-state index is 11.5. The Morgan fingerprint density at radius 1 is 1.53 bits per heavy atom. The highest BCUT2D eigenvalue weighted by atomic mass is 16.4. The van der Waals surface area contributed by atoms with Crippen LogP contribution in [0, 0.1) is 0 Å². The fourth-order valence-corrected chi connectivity index (χ4v) is 2.52. The molecule has 0 saturated heterocycles. The minimum atomic E-state index is -0.889. The zero-order valence-electron chi connectivity index (χ0n) is 9.08. The topological polar surface area (TPSA) is 93.5 Å². The van der Waals surface area contributed by atoms with Crippen LogP contribution in [0.5, 0.6) is 0 Å². The lowest BCUT2D eigenvalue weighted by Crippen LogP contribution is -2.54. The predicted molar refractivity (Wildman–Crippen MR) is 59.5 cm³/mol. The molecule has 2 aromatic heterocycles. The Balaban J connectivity index is 2.17. The molecule has 0 unspecified atom stereocenters. The van der Waals surface area contributed by atoms with Crippen molar-refractivity contribution in [1.29, 1.82) is 0 Å². The summed E-state index contributed by atoms with van der Waals surface area (Å²) in [6, 6.07) is -0.0431. The third-order valence-corrected chi connectivity index (χ3v) is 3.44. The molecule has 0 bridgehead atoms. The number of hydrogen-bond donors (Lipinski definition) is 2. The van der Waals surface area contributed by atoms with Crippen molar-refractivity contribution in [3.05, 3.63) is 30.5 Å². The lowest BCUT2D eigenvalue weighted by atomic mass is 9.64. The molecule has 0 atom stereocenters. The van der Waals surface area contributed by atoms with Gasteiger partial charge >= 0.3 is 5.97 Å². The number of carboxylic acids is 1. The summed E-state index contributed by atoms with van der Waals surface area (Å²) in [5.41, 5.74) is 6.19. The van der Waals surface area contributed by atoms with E-state index in [0.717, 1.165) is 0 Å². The molecule has 6 heteroatoms. The SMILES string of the molecule is NC1CC(C(=O)O)(c2cnc3cnccn23)C1. The van der Waals surface area contributed by atoms with Crippen LogP contribution in [0.2, 0.25) is 0 Å². The number of imidazole rings is 1. The normalized spacial score (nSPS) is 27.9. The van der Waals surface area contributed by atoms with Crippen LogP contribution >= 0.6 is 0 Å². The minimum Gasteiger partial charge on any atom is -0.481 e. The molecule has 6 nitrogen and oxygen atoms in total. The first-order valence-corrected chi connectivity index (χ1v) is 5.40. The van der Waals surface area contributed by atoms with Crippen LogP contribution in [0.1, 0.15) is 18.5 Å². The van der Waals surface area contributed by atoms with Crippen molar-refractivity contribution in [2.75, 3.05) is 0 Å². The fraction of sp³-hybridized carbons (Fsp3) is 0.364. The van der Waals surface area contributed by atoms with E-state index in [-0.39, 0.29) is 6.04 Å². The van der Waals surface area contributed by atoms with Crippen LogP contribution in [-0.2, 0) is 10.2 Å². The molecule has 2 aromatic rings. The number of aliphatic carboxylic acids is 1. The van der Waals surface area contributed by atoms with Crippen LogP contribution in [-0.4, -0.2) is 31.5 Å². The lowest BCUT2D eigenvalue weighted by molar-refractivity contribution is -0.148. The number of carboxylic acid groups (broad SMARTS) is 1. The highest BCUT2D eigenvalue weighted by Crippen LogP contribution is 2.43. The Morgan fingerprint density at radius 2 is 2.29 bits per heavy atom. The van der Waals surface area contributed by atoms with Gasteiger partial charge in [-0.25, -0.2) is 4.98 Å². The number of carbonyl (C=O) groups is 1. The van der Waals surface area contributed by atoms with Gasteiger partial charge in [0.05, 0.1) is 18.1 Å². The zero-order chi connectivity index (χ0) is 12.0. The van der Waals surface area contributed by atoms with E-state index in [2.05, 4.69) is 9.97 Å². The number of aromatic nitrogens is 3. The van der Waals surface area contributed by atoms with Crippen molar-refractivity contribution in [3.8, 4) is 0 Å². The highest BCUT2D eigenvalue weighted by Gasteiger charge is 2.52. The van der Waals surface area contributed by atoms with E-state index < -0.39 is 11.4 Å². The van der Waals surface area contributed by atoms with E-state index in [1.165, 1.54) is 0 Å². The molecule has 0 spiro atoms. The van der Waals surface area contributed by atoms with Gasteiger partial charge in [0.1, 0.15) is 5.41 Å². The van der Waals surface area contributed by atoms with Crippen molar-refractivity contribution in [2.24, 2.45) is 5.73 Å². The van der Waals surface area contributed by atoms with E-state index in [1.807, 2.05) is 0 Å². The summed E-state index contributed by atoms with van der Waals surface area (Å²) in [6.45, 7) is 0. The van der Waals surface area contributed by atoms with Gasteiger partial charge in [-0.3, -0.25) is 9.78 Å². The summed E-state index contributed by atoms with van der Waals surface area (Å²) >= 11 is 0. The Kier molecular flexibility index (Phi) is 1.97. The lowest BCUT2D eigenvalue weighted by Gasteiger charge is -2.42. The summed E-state index contributed by atoms with van der Waals surface area (Å²) in [4.78, 5) is 19.6. The van der Waals surface area contributed by atoms with Gasteiger partial charge in [0.25, 0.3) is 0 Å². The molecule has 0 aromatic carbocycles. The van der Waals surface area contributed by atoms with E-state index in [4.69, 9.17) is 5.73 Å². The second-order valence-electron chi connectivity index (χ2n) is 4.50. The first kappa shape index (κ1) is 10.2. The quantitative estimate of drug-likeness (QED) is 0.770. The third kappa shape index (κ3) is 1.27. The van der Waals surface area contributed by atoms with Gasteiger partial charge in [0, 0.05) is 18.4 Å². The van der Waals surface area contributed by atoms with Crippen LogP contribution in [0.3, 0.4) is 0 Å². The van der Waals surface area contributed by atoms with Crippen molar-refractivity contribution >= 4 is 11.6 Å². The molecule has 0 amide bonds. The van der Waals surface area contributed by atoms with Gasteiger partial charge in [-0.15, -0.1) is 0 Å². The molecular formula is C11H12N4O2. The van der Waals surface area contributed by atoms with E-state index in [0.29, 0.717) is 24.2 Å². The number of hydrogen-bond acceptors (Lipinski definition) is 4. The van der Waals surface area contributed by atoms with Crippen LogP contribution < -0.4 is 5.73 Å². The fourth-order valence-electron chi connectivity index (χ4n) is 2.52. The van der Waals surface area contributed by atoms with Crippen LogP contribution in [0.25, 0.3) is 5.65 Å². The Labute approximate surface area is 97.1 Å². The first-order valence-electron chi connectivity index (χ1n) is 5.40. The second-order valence-corrected chi connectivity index (χ2v) is 4.50. The second kappa shape index (κ2) is 3.27. The summed E-state index contributed by atoms with van der Waals surface area (Å²) in [6.07, 6.45) is 7.48. The van der Waals surface area contributed by atoms with E-state index in [9.17, 15) is 9.90 Å². The van der Waals surface area contributed by atoms with E-state index in [1.54, 1.807) is 29.2 Å². The van der Waals surface area contributed by atoms with Gasteiger partial charge in [0.15, 0.2) is 5.65 Å². The molecule has 17 heavy (non-hydrogen) atoms. The van der Waals surface area contributed by atoms with Gasteiger partial charge in [-0.05, 0) is 12.8 Å². The summed E-state index contributed by atoms with van der Waals surface area (Å²) in [7, 11) is 0. The first-order chi connectivity index (χ1) is 8.13. The van der Waals surface area contributed by atoms with Crippen LogP contribution in [0.15, 0.2) is 24.8 Å². The molecule has 3 N–H and O–H groups in total. The number of fused-ring (bicyclic) bond motifs is 1. The molecule has 1 saturated carbocycles. The molecule has 88 valence electrons. The predicted octanol–water partition coefficient (Wildman–Crippen LogP) is 0.173. The summed E-state index contributed by atoms with van der Waals surface area (Å²) in [5.74, 6) is -0.835. The molecular weight excluding hydrogens is 220 g/mol. The maximum Gasteiger partial charge on any atom is 0.315 e. The number of rotatable bonds is 2. The average molecular weight is 232 g/mol. The largest absolute Gasteiger partial charge is 0.481 e. The van der Waals surface area contributed by atoms with Crippen molar-refractivity contribution in [3.63, 3.8) is 0 Å². The Hall–Kier alpha value is -1.95. The third-order valence-electron chi connectivity index (χ3n) is 3.44. The van der Waals surface area contributed by atoms with Gasteiger partial charge in [-0.1, -0.05) is 0 Å². The van der Waals surface area contributed by atoms with E-state index >= 15 is 0 Å².